The highest BCUT2D eigenvalue weighted by atomic mass is 16.6. The number of aromatic nitrogens is 2. The van der Waals surface area contributed by atoms with Gasteiger partial charge in [-0.3, -0.25) is 0 Å². The van der Waals surface area contributed by atoms with E-state index >= 15 is 0 Å². The van der Waals surface area contributed by atoms with Gasteiger partial charge in [0.1, 0.15) is 0 Å². The van der Waals surface area contributed by atoms with Gasteiger partial charge in [0.25, 0.3) is 0 Å². The van der Waals surface area contributed by atoms with Crippen LogP contribution in [0.2, 0.25) is 0 Å². The third-order valence-electron chi connectivity index (χ3n) is 2.09. The molecule has 1 aromatic heterocycles. The van der Waals surface area contributed by atoms with Gasteiger partial charge in [0, 0.05) is 5.92 Å². The first kappa shape index (κ1) is 7.27. The molecule has 1 saturated carbocycles. The van der Waals surface area contributed by atoms with Crippen LogP contribution in [0.25, 0.3) is 0 Å². The van der Waals surface area contributed by atoms with E-state index in [0.717, 1.165) is 18.5 Å². The zero-order valence-corrected chi connectivity index (χ0v) is 6.73. The van der Waals surface area contributed by atoms with Gasteiger partial charge in [-0.1, -0.05) is 0 Å². The van der Waals surface area contributed by atoms with E-state index in [4.69, 9.17) is 0 Å². The Balaban J connectivity index is 2.36. The molecule has 2 rings (SSSR count). The van der Waals surface area contributed by atoms with Crippen molar-refractivity contribution in [2.24, 2.45) is 7.05 Å². The molecule has 0 spiro atoms. The van der Waals surface area contributed by atoms with Crippen molar-refractivity contribution in [1.29, 1.82) is 0 Å². The van der Waals surface area contributed by atoms with Crippen LogP contribution >= 0.6 is 0 Å². The minimum atomic E-state index is -0.452. The van der Waals surface area contributed by atoms with Crippen molar-refractivity contribution in [3.8, 4) is 0 Å². The molecule has 0 bridgehead atoms. The molecule has 12 heavy (non-hydrogen) atoms. The summed E-state index contributed by atoms with van der Waals surface area (Å²) >= 11 is 0. The molecule has 0 amide bonds. The number of aryl methyl sites for hydroxylation is 1. The van der Waals surface area contributed by atoms with Gasteiger partial charge in [0.15, 0.2) is 0 Å². The van der Waals surface area contributed by atoms with Crippen LogP contribution in [0.15, 0.2) is 6.07 Å². The van der Waals surface area contributed by atoms with Crippen molar-refractivity contribution in [2.45, 2.75) is 18.8 Å². The molecule has 1 fully saturated rings. The van der Waals surface area contributed by atoms with Gasteiger partial charge >= 0.3 is 5.82 Å². The Hall–Kier alpha value is -1.39. The van der Waals surface area contributed by atoms with Crippen molar-refractivity contribution >= 4 is 5.82 Å². The molecule has 1 aliphatic carbocycles. The lowest BCUT2D eigenvalue weighted by Gasteiger charge is -1.89. The molecule has 0 atom stereocenters. The lowest BCUT2D eigenvalue weighted by atomic mass is 10.3. The zero-order chi connectivity index (χ0) is 8.72. The highest BCUT2D eigenvalue weighted by Crippen LogP contribution is 2.40. The Morgan fingerprint density at radius 2 is 2.42 bits per heavy atom. The lowest BCUT2D eigenvalue weighted by Crippen LogP contribution is -1.96. The van der Waals surface area contributed by atoms with Crippen molar-refractivity contribution < 1.29 is 4.92 Å². The second-order valence-corrected chi connectivity index (χ2v) is 3.08. The molecule has 0 unspecified atom stereocenters. The zero-order valence-electron chi connectivity index (χ0n) is 6.73. The van der Waals surface area contributed by atoms with E-state index in [2.05, 4.69) is 5.10 Å². The SMILES string of the molecule is Cn1nc([N+](=O)[O-])cc1C1CC1. The van der Waals surface area contributed by atoms with E-state index in [1.807, 2.05) is 0 Å². The molecular formula is C7H9N3O2. The highest BCUT2D eigenvalue weighted by molar-refractivity contribution is 5.26. The van der Waals surface area contributed by atoms with E-state index in [-0.39, 0.29) is 5.82 Å². The predicted octanol–water partition coefficient (Wildman–Crippen LogP) is 1.21. The molecule has 1 aromatic rings. The van der Waals surface area contributed by atoms with E-state index in [1.165, 1.54) is 0 Å². The quantitative estimate of drug-likeness (QED) is 0.491. The fourth-order valence-electron chi connectivity index (χ4n) is 1.32. The Morgan fingerprint density at radius 1 is 1.75 bits per heavy atom. The molecule has 0 aliphatic heterocycles. The fourth-order valence-corrected chi connectivity index (χ4v) is 1.32. The maximum atomic E-state index is 10.3. The Morgan fingerprint density at radius 3 is 2.83 bits per heavy atom. The van der Waals surface area contributed by atoms with Gasteiger partial charge < -0.3 is 10.1 Å². The van der Waals surface area contributed by atoms with Crippen molar-refractivity contribution in [3.05, 3.63) is 21.9 Å². The summed E-state index contributed by atoms with van der Waals surface area (Å²) < 4.78 is 1.61. The summed E-state index contributed by atoms with van der Waals surface area (Å²) in [5.74, 6) is 0.468. The predicted molar refractivity (Wildman–Crippen MR) is 41.8 cm³/mol. The van der Waals surface area contributed by atoms with Crippen molar-refractivity contribution in [2.75, 3.05) is 0 Å². The Bertz CT molecular complexity index is 327. The molecule has 5 nitrogen and oxygen atoms in total. The smallest absolute Gasteiger partial charge is 0.358 e. The summed E-state index contributed by atoms with van der Waals surface area (Å²) in [7, 11) is 1.75. The Labute approximate surface area is 69.1 Å². The summed E-state index contributed by atoms with van der Waals surface area (Å²) in [6, 6.07) is 1.57. The largest absolute Gasteiger partial charge is 0.390 e. The topological polar surface area (TPSA) is 61.0 Å². The van der Waals surface area contributed by atoms with Gasteiger partial charge in [-0.25, -0.2) is 0 Å². The maximum Gasteiger partial charge on any atom is 0.390 e. The van der Waals surface area contributed by atoms with Gasteiger partial charge in [-0.2, -0.15) is 4.68 Å². The van der Waals surface area contributed by atoms with Crippen molar-refractivity contribution in [3.63, 3.8) is 0 Å². The van der Waals surface area contributed by atoms with Crippen LogP contribution in [0.4, 0.5) is 5.82 Å². The third-order valence-corrected chi connectivity index (χ3v) is 2.09. The van der Waals surface area contributed by atoms with Gasteiger partial charge in [-0.05, 0) is 17.8 Å². The normalized spacial score (nSPS) is 16.4. The second kappa shape index (κ2) is 2.30. The summed E-state index contributed by atoms with van der Waals surface area (Å²) in [4.78, 5) is 9.89. The number of nitrogens with zero attached hydrogens (tertiary/aromatic N) is 3. The molecule has 1 heterocycles. The van der Waals surface area contributed by atoms with E-state index < -0.39 is 4.92 Å². The standard InChI is InChI=1S/C7H9N3O2/c1-9-6(5-2-3-5)4-7(8-9)10(11)12/h4-5H,2-3H2,1H3. The number of nitro groups is 1. The first-order chi connectivity index (χ1) is 5.68. The molecule has 0 aromatic carbocycles. The van der Waals surface area contributed by atoms with Gasteiger partial charge in [-0.15, -0.1) is 0 Å². The summed E-state index contributed by atoms with van der Waals surface area (Å²) in [6.07, 6.45) is 2.27. The minimum absolute atomic E-state index is 0.0422. The molecule has 0 N–H and O–H groups in total. The lowest BCUT2D eigenvalue weighted by molar-refractivity contribution is -0.389. The number of hydrogen-bond acceptors (Lipinski definition) is 3. The highest BCUT2D eigenvalue weighted by Gasteiger charge is 2.30. The summed E-state index contributed by atoms with van der Waals surface area (Å²) in [5.41, 5.74) is 0.988. The summed E-state index contributed by atoms with van der Waals surface area (Å²) in [6.45, 7) is 0. The van der Waals surface area contributed by atoms with E-state index in [0.29, 0.717) is 5.92 Å². The van der Waals surface area contributed by atoms with Crippen LogP contribution < -0.4 is 0 Å². The molecule has 5 heteroatoms. The van der Waals surface area contributed by atoms with Crippen molar-refractivity contribution in [1.82, 2.24) is 9.78 Å². The summed E-state index contributed by atoms with van der Waals surface area (Å²) in [5, 5.41) is 14.1. The third kappa shape index (κ3) is 1.07. The number of rotatable bonds is 2. The average molecular weight is 167 g/mol. The first-order valence-corrected chi connectivity index (χ1v) is 3.87. The Kier molecular flexibility index (Phi) is 1.39. The molecular weight excluding hydrogens is 158 g/mol. The van der Waals surface area contributed by atoms with Crippen LogP contribution in [0.3, 0.4) is 0 Å². The van der Waals surface area contributed by atoms with Crippen LogP contribution in [-0.2, 0) is 7.05 Å². The van der Waals surface area contributed by atoms with Gasteiger partial charge in [0.2, 0.25) is 0 Å². The van der Waals surface area contributed by atoms with Crippen LogP contribution in [0.5, 0.6) is 0 Å². The maximum absolute atomic E-state index is 10.3. The van der Waals surface area contributed by atoms with Crippen LogP contribution in [-0.4, -0.2) is 14.7 Å². The van der Waals surface area contributed by atoms with Crippen LogP contribution in [0, 0.1) is 10.1 Å². The molecule has 64 valence electrons. The second-order valence-electron chi connectivity index (χ2n) is 3.08. The molecule has 0 radical (unpaired) electrons. The molecule has 0 saturated heterocycles. The molecule has 1 aliphatic rings. The number of hydrogen-bond donors (Lipinski definition) is 0. The van der Waals surface area contributed by atoms with E-state index in [9.17, 15) is 10.1 Å². The monoisotopic (exact) mass is 167 g/mol. The average Bonchev–Trinajstić information content (AvgIpc) is 2.75. The first-order valence-electron chi connectivity index (χ1n) is 3.87. The fraction of sp³-hybridized carbons (Fsp3) is 0.571. The van der Waals surface area contributed by atoms with Crippen LogP contribution in [0.1, 0.15) is 24.5 Å². The minimum Gasteiger partial charge on any atom is -0.358 e. The van der Waals surface area contributed by atoms with E-state index in [1.54, 1.807) is 17.8 Å². The van der Waals surface area contributed by atoms with Gasteiger partial charge in [0.05, 0.1) is 23.9 Å².